The molecule has 0 N–H and O–H groups in total. The number of fused-ring (bicyclic) bond motifs is 2. The van der Waals surface area contributed by atoms with Crippen LogP contribution in [0.1, 0.15) is 28.4 Å². The number of nitrogens with zero attached hydrogens (tertiary/aromatic N) is 2. The summed E-state index contributed by atoms with van der Waals surface area (Å²) in [5, 5.41) is 11.3. The zero-order chi connectivity index (χ0) is 20.5. The van der Waals surface area contributed by atoms with Crippen LogP contribution in [0.2, 0.25) is 0 Å². The van der Waals surface area contributed by atoms with Crippen molar-refractivity contribution in [3.8, 4) is 11.5 Å². The van der Waals surface area contributed by atoms with Gasteiger partial charge >= 0.3 is 5.97 Å². The van der Waals surface area contributed by atoms with E-state index in [-0.39, 0.29) is 29.8 Å². The first-order valence-corrected chi connectivity index (χ1v) is 9.08. The van der Waals surface area contributed by atoms with Crippen LogP contribution in [0.15, 0.2) is 36.4 Å². The number of nitro benzene ring substituents is 1. The molecule has 1 amide bonds. The molecule has 0 aromatic heterocycles. The second-order valence-electron chi connectivity index (χ2n) is 6.81. The van der Waals surface area contributed by atoms with Crippen molar-refractivity contribution in [2.45, 2.75) is 26.0 Å². The van der Waals surface area contributed by atoms with E-state index in [2.05, 4.69) is 0 Å². The van der Waals surface area contributed by atoms with Crippen molar-refractivity contribution in [2.75, 3.05) is 13.3 Å². The van der Waals surface area contributed by atoms with Crippen LogP contribution in [-0.2, 0) is 22.5 Å². The number of hydrogen-bond donors (Lipinski definition) is 0. The van der Waals surface area contributed by atoms with E-state index in [0.717, 1.165) is 18.1 Å². The molecular weight excluding hydrogens is 380 g/mol. The highest BCUT2D eigenvalue weighted by Gasteiger charge is 2.32. The predicted molar refractivity (Wildman–Crippen MR) is 99.7 cm³/mol. The molecule has 0 aliphatic carbocycles. The maximum Gasteiger partial charge on any atom is 0.346 e. The normalized spacial score (nSPS) is 15.4. The van der Waals surface area contributed by atoms with Crippen molar-refractivity contribution < 1.29 is 28.7 Å². The molecule has 0 unspecified atom stereocenters. The molecule has 0 bridgehead atoms. The lowest BCUT2D eigenvalue weighted by Gasteiger charge is -2.30. The monoisotopic (exact) mass is 398 g/mol. The molecular formula is C20H18N2O7. The van der Waals surface area contributed by atoms with E-state index in [1.165, 1.54) is 18.6 Å². The zero-order valence-electron chi connectivity index (χ0n) is 15.6. The number of nitro groups is 1. The predicted octanol–water partition coefficient (Wildman–Crippen LogP) is 2.45. The number of rotatable bonds is 4. The Morgan fingerprint density at radius 1 is 1.17 bits per heavy atom. The number of esters is 1. The minimum Gasteiger partial charge on any atom is -0.454 e. The number of hydrogen-bond acceptors (Lipinski definition) is 7. The Morgan fingerprint density at radius 2 is 1.86 bits per heavy atom. The van der Waals surface area contributed by atoms with Crippen molar-refractivity contribution in [1.82, 2.24) is 4.90 Å². The third-order valence-electron chi connectivity index (χ3n) is 4.98. The largest absolute Gasteiger partial charge is 0.454 e. The van der Waals surface area contributed by atoms with E-state index >= 15 is 0 Å². The summed E-state index contributed by atoms with van der Waals surface area (Å²) in [5.74, 6) is -0.914. The van der Waals surface area contributed by atoms with Crippen LogP contribution in [0.3, 0.4) is 0 Å². The Bertz CT molecular complexity index is 1000. The summed E-state index contributed by atoms with van der Waals surface area (Å²) in [6.45, 7) is 2.32. The summed E-state index contributed by atoms with van der Waals surface area (Å²) >= 11 is 0. The van der Waals surface area contributed by atoms with Gasteiger partial charge in [0.25, 0.3) is 11.6 Å². The Balaban J connectivity index is 1.49. The molecule has 0 spiro atoms. The molecule has 4 rings (SSSR count). The lowest BCUT2D eigenvalue weighted by Crippen LogP contribution is -2.42. The van der Waals surface area contributed by atoms with E-state index in [1.54, 1.807) is 4.90 Å². The van der Waals surface area contributed by atoms with E-state index in [9.17, 15) is 19.7 Å². The van der Waals surface area contributed by atoms with Gasteiger partial charge in [-0.05, 0) is 24.5 Å². The SMILES string of the molecule is C[C@@H](OC(=O)c1cc2c(cc1[N+](=O)[O-])OCO2)C(=O)N1CCc2ccccc2C1. The van der Waals surface area contributed by atoms with E-state index in [0.29, 0.717) is 13.1 Å². The second-order valence-corrected chi connectivity index (χ2v) is 6.81. The lowest BCUT2D eigenvalue weighted by atomic mass is 9.99. The van der Waals surface area contributed by atoms with Crippen LogP contribution in [0.5, 0.6) is 11.5 Å². The summed E-state index contributed by atoms with van der Waals surface area (Å²) in [5.41, 5.74) is 1.49. The van der Waals surface area contributed by atoms with Gasteiger partial charge in [0.15, 0.2) is 17.6 Å². The number of carbonyl (C=O) groups is 2. The smallest absolute Gasteiger partial charge is 0.346 e. The van der Waals surface area contributed by atoms with Gasteiger partial charge in [0.05, 0.1) is 11.0 Å². The fraction of sp³-hybridized carbons (Fsp3) is 0.300. The quantitative estimate of drug-likeness (QED) is 0.442. The Morgan fingerprint density at radius 3 is 2.59 bits per heavy atom. The summed E-state index contributed by atoms with van der Waals surface area (Å²) in [6, 6.07) is 10.2. The van der Waals surface area contributed by atoms with Crippen LogP contribution < -0.4 is 9.47 Å². The molecule has 9 nitrogen and oxygen atoms in total. The van der Waals surface area contributed by atoms with Crippen molar-refractivity contribution in [2.24, 2.45) is 0 Å². The maximum absolute atomic E-state index is 12.8. The minimum atomic E-state index is -1.09. The number of benzene rings is 2. The third-order valence-corrected chi connectivity index (χ3v) is 4.98. The molecule has 0 fully saturated rings. The van der Waals surface area contributed by atoms with Gasteiger partial charge in [-0.25, -0.2) is 4.79 Å². The third kappa shape index (κ3) is 3.58. The van der Waals surface area contributed by atoms with Gasteiger partial charge in [0, 0.05) is 19.2 Å². The van der Waals surface area contributed by atoms with Crippen LogP contribution in [0.4, 0.5) is 5.69 Å². The molecule has 2 aliphatic rings. The van der Waals surface area contributed by atoms with Crippen LogP contribution >= 0.6 is 0 Å². The molecule has 2 heterocycles. The minimum absolute atomic E-state index is 0.0870. The van der Waals surface area contributed by atoms with Gasteiger partial charge in [0.1, 0.15) is 5.56 Å². The molecule has 1 atom stereocenters. The Kier molecular flexibility index (Phi) is 4.79. The standard InChI is InChI=1S/C20H18N2O7/c1-12(19(23)21-7-6-13-4-2-3-5-14(13)10-21)29-20(24)15-8-17-18(28-11-27-17)9-16(15)22(25)26/h2-5,8-9,12H,6-7,10-11H2,1H3/t12-/m1/s1. The fourth-order valence-corrected chi connectivity index (χ4v) is 3.46. The number of amides is 1. The number of carbonyl (C=O) groups excluding carboxylic acids is 2. The molecule has 0 saturated carbocycles. The second kappa shape index (κ2) is 7.42. The van der Waals surface area contributed by atoms with Crippen LogP contribution in [-0.4, -0.2) is 41.1 Å². The van der Waals surface area contributed by atoms with Gasteiger partial charge < -0.3 is 19.1 Å². The highest BCUT2D eigenvalue weighted by molar-refractivity contribution is 5.96. The molecule has 0 saturated heterocycles. The lowest BCUT2D eigenvalue weighted by molar-refractivity contribution is -0.385. The number of ether oxygens (including phenoxy) is 3. The van der Waals surface area contributed by atoms with Gasteiger partial charge in [-0.2, -0.15) is 0 Å². The van der Waals surface area contributed by atoms with Gasteiger partial charge in [-0.1, -0.05) is 24.3 Å². The summed E-state index contributed by atoms with van der Waals surface area (Å²) in [4.78, 5) is 37.6. The van der Waals surface area contributed by atoms with E-state index < -0.39 is 22.7 Å². The highest BCUT2D eigenvalue weighted by atomic mass is 16.7. The van der Waals surface area contributed by atoms with Crippen molar-refractivity contribution in [3.63, 3.8) is 0 Å². The van der Waals surface area contributed by atoms with Crippen molar-refractivity contribution in [1.29, 1.82) is 0 Å². The first-order valence-electron chi connectivity index (χ1n) is 9.08. The van der Waals surface area contributed by atoms with Crippen molar-refractivity contribution in [3.05, 3.63) is 63.2 Å². The highest BCUT2D eigenvalue weighted by Crippen LogP contribution is 2.38. The average molecular weight is 398 g/mol. The van der Waals surface area contributed by atoms with Gasteiger partial charge in [-0.3, -0.25) is 14.9 Å². The van der Waals surface area contributed by atoms with Crippen molar-refractivity contribution >= 4 is 17.6 Å². The molecule has 2 aromatic rings. The molecule has 150 valence electrons. The average Bonchev–Trinajstić information content (AvgIpc) is 3.19. The van der Waals surface area contributed by atoms with E-state index in [1.807, 2.05) is 24.3 Å². The molecule has 9 heteroatoms. The van der Waals surface area contributed by atoms with Gasteiger partial charge in [0.2, 0.25) is 6.79 Å². The summed E-state index contributed by atoms with van der Waals surface area (Å²) in [7, 11) is 0. The summed E-state index contributed by atoms with van der Waals surface area (Å²) in [6.07, 6.45) is -0.367. The molecule has 0 radical (unpaired) electrons. The molecule has 29 heavy (non-hydrogen) atoms. The Labute approximate surface area is 165 Å². The molecule has 2 aromatic carbocycles. The first kappa shape index (κ1) is 18.7. The maximum atomic E-state index is 12.8. The topological polar surface area (TPSA) is 108 Å². The fourth-order valence-electron chi connectivity index (χ4n) is 3.46. The van der Waals surface area contributed by atoms with Crippen LogP contribution in [0.25, 0.3) is 0 Å². The zero-order valence-corrected chi connectivity index (χ0v) is 15.6. The Hall–Kier alpha value is -3.62. The van der Waals surface area contributed by atoms with Crippen LogP contribution in [0, 0.1) is 10.1 Å². The first-order chi connectivity index (χ1) is 13.9. The van der Waals surface area contributed by atoms with Gasteiger partial charge in [-0.15, -0.1) is 0 Å². The molecule has 2 aliphatic heterocycles. The van der Waals surface area contributed by atoms with E-state index in [4.69, 9.17) is 14.2 Å². The summed E-state index contributed by atoms with van der Waals surface area (Å²) < 4.78 is 15.5.